The Morgan fingerprint density at radius 3 is 2.54 bits per heavy atom. The van der Waals surface area contributed by atoms with Crippen LogP contribution in [0.4, 0.5) is 0 Å². The van der Waals surface area contributed by atoms with E-state index in [1.165, 1.54) is 11.1 Å². The van der Waals surface area contributed by atoms with Crippen LogP contribution in [0.2, 0.25) is 0 Å². The zero-order valence-electron chi connectivity index (χ0n) is 7.22. The Hall–Kier alpha value is 0.423. The molecule has 0 saturated carbocycles. The molecule has 0 aliphatic heterocycles. The molecule has 1 aromatic rings. The number of fused-ring (bicyclic) bond motifs is 1. The van der Waals surface area contributed by atoms with Gasteiger partial charge in [-0.05, 0) is 0 Å². The number of allylic oxidation sites excluding steroid dienone is 1. The molecule has 68 valence electrons. The van der Waals surface area contributed by atoms with Crippen molar-refractivity contribution in [3.8, 4) is 0 Å². The molecular weight excluding hydrogens is 282 g/mol. The first-order valence-electron chi connectivity index (χ1n) is 3.94. The summed E-state index contributed by atoms with van der Waals surface area (Å²) in [5, 5.41) is 0. The van der Waals surface area contributed by atoms with Crippen molar-refractivity contribution in [3.63, 3.8) is 0 Å². The maximum absolute atomic E-state index is 4.93. The van der Waals surface area contributed by atoms with E-state index in [2.05, 4.69) is 43.3 Å². The van der Waals surface area contributed by atoms with Gasteiger partial charge in [-0.15, -0.1) is 11.6 Å². The van der Waals surface area contributed by atoms with E-state index >= 15 is 0 Å². The molecule has 1 atom stereocenters. The molecule has 0 bridgehead atoms. The summed E-state index contributed by atoms with van der Waals surface area (Å²) in [4.78, 5) is 0. The molecule has 1 aliphatic rings. The van der Waals surface area contributed by atoms with Gasteiger partial charge in [0.2, 0.25) is 0 Å². The molecule has 0 saturated heterocycles. The van der Waals surface area contributed by atoms with Crippen LogP contribution in [0, 0.1) is 6.08 Å². The van der Waals surface area contributed by atoms with E-state index < -0.39 is 20.8 Å². The third kappa shape index (κ3) is 3.24. The van der Waals surface area contributed by atoms with E-state index in [0.29, 0.717) is 5.92 Å². The zero-order chi connectivity index (χ0) is 9.68. The number of rotatable bonds is 0. The fraction of sp³-hybridized carbons (Fsp3) is 0.200. The van der Waals surface area contributed by atoms with Gasteiger partial charge in [-0.3, -0.25) is 6.08 Å². The molecule has 0 aromatic heterocycles. The van der Waals surface area contributed by atoms with Crippen LogP contribution >= 0.6 is 17.0 Å². The maximum atomic E-state index is 4.93. The van der Waals surface area contributed by atoms with E-state index in [1.54, 1.807) is 0 Å². The Morgan fingerprint density at radius 1 is 1.31 bits per heavy atom. The first-order valence-corrected chi connectivity index (χ1v) is 10.3. The minimum absolute atomic E-state index is 0.496. The summed E-state index contributed by atoms with van der Waals surface area (Å²) in [6, 6.07) is 8.44. The van der Waals surface area contributed by atoms with Crippen molar-refractivity contribution in [2.75, 3.05) is 0 Å². The van der Waals surface area contributed by atoms with Crippen LogP contribution in [-0.2, 0) is 20.8 Å². The quantitative estimate of drug-likeness (QED) is 0.634. The number of hydrogen-bond acceptors (Lipinski definition) is 0. The second-order valence-corrected chi connectivity index (χ2v) is 6.46. The molecule has 13 heavy (non-hydrogen) atoms. The first kappa shape index (κ1) is 11.5. The van der Waals surface area contributed by atoms with Crippen molar-refractivity contribution in [2.45, 2.75) is 12.8 Å². The van der Waals surface area contributed by atoms with Gasteiger partial charge < -0.3 is 0 Å². The fourth-order valence-corrected chi connectivity index (χ4v) is 1.34. The minimum atomic E-state index is -0.826. The summed E-state index contributed by atoms with van der Waals surface area (Å²) in [6.07, 6.45) is 5.33. The first-order chi connectivity index (χ1) is 6.29. The molecule has 0 amide bonds. The van der Waals surface area contributed by atoms with E-state index in [1.807, 2.05) is 0 Å². The van der Waals surface area contributed by atoms with Gasteiger partial charge in [0.05, 0.1) is 0 Å². The SMILES string of the molecule is CC1[C-]=Cc2ccccc21.[Cl][Zr][Cl]. The van der Waals surface area contributed by atoms with Crippen LogP contribution in [-0.4, -0.2) is 0 Å². The summed E-state index contributed by atoms with van der Waals surface area (Å²) >= 11 is -0.826. The van der Waals surface area contributed by atoms with Gasteiger partial charge in [0, 0.05) is 0 Å². The van der Waals surface area contributed by atoms with Crippen molar-refractivity contribution in [2.24, 2.45) is 0 Å². The van der Waals surface area contributed by atoms with E-state index in [4.69, 9.17) is 17.0 Å². The van der Waals surface area contributed by atoms with Crippen molar-refractivity contribution >= 4 is 23.1 Å². The second kappa shape index (κ2) is 6.01. The Bertz CT molecular complexity index is 297. The van der Waals surface area contributed by atoms with Crippen molar-refractivity contribution in [1.29, 1.82) is 0 Å². The molecule has 0 heterocycles. The average Bonchev–Trinajstić information content (AvgIpc) is 2.50. The summed E-state index contributed by atoms with van der Waals surface area (Å²) in [6.45, 7) is 2.17. The summed E-state index contributed by atoms with van der Waals surface area (Å²) in [5.41, 5.74) is 2.73. The second-order valence-electron chi connectivity index (χ2n) is 2.73. The van der Waals surface area contributed by atoms with Crippen LogP contribution in [0.5, 0.6) is 0 Å². The number of hydrogen-bond donors (Lipinski definition) is 0. The molecule has 1 unspecified atom stereocenters. The van der Waals surface area contributed by atoms with Crippen LogP contribution in [0.25, 0.3) is 6.08 Å². The summed E-state index contributed by atoms with van der Waals surface area (Å²) in [7, 11) is 9.87. The van der Waals surface area contributed by atoms with Crippen LogP contribution in [0.15, 0.2) is 24.3 Å². The topological polar surface area (TPSA) is 0 Å². The fourth-order valence-electron chi connectivity index (χ4n) is 1.34. The van der Waals surface area contributed by atoms with E-state index in [9.17, 15) is 0 Å². The molecule has 0 spiro atoms. The molecule has 2 rings (SSSR count). The summed E-state index contributed by atoms with van der Waals surface area (Å²) < 4.78 is 0. The molecule has 1 aliphatic carbocycles. The van der Waals surface area contributed by atoms with E-state index in [-0.39, 0.29) is 0 Å². The van der Waals surface area contributed by atoms with Crippen LogP contribution in [0.3, 0.4) is 0 Å². The zero-order valence-corrected chi connectivity index (χ0v) is 11.2. The predicted molar refractivity (Wildman–Crippen MR) is 54.3 cm³/mol. The third-order valence-electron chi connectivity index (χ3n) is 1.95. The molecule has 0 N–H and O–H groups in total. The molecule has 1 aromatic carbocycles. The average molecular weight is 291 g/mol. The van der Waals surface area contributed by atoms with Gasteiger partial charge in [-0.25, -0.2) is 6.08 Å². The van der Waals surface area contributed by atoms with Gasteiger partial charge in [0.25, 0.3) is 0 Å². The van der Waals surface area contributed by atoms with Gasteiger partial charge >= 0.3 is 37.9 Å². The normalized spacial score (nSPS) is 17.3. The Morgan fingerprint density at radius 2 is 1.92 bits per heavy atom. The Kier molecular flexibility index (Phi) is 5.32. The number of benzene rings is 1. The van der Waals surface area contributed by atoms with Crippen molar-refractivity contribution in [3.05, 3.63) is 41.5 Å². The Balaban J connectivity index is 0.000000251. The van der Waals surface area contributed by atoms with Gasteiger partial charge in [-0.1, -0.05) is 31.0 Å². The van der Waals surface area contributed by atoms with Crippen molar-refractivity contribution < 1.29 is 20.8 Å². The van der Waals surface area contributed by atoms with Gasteiger partial charge in [0.1, 0.15) is 0 Å². The third-order valence-corrected chi connectivity index (χ3v) is 1.95. The molecular formula is C10H9Cl2Zr-. The van der Waals surface area contributed by atoms with Gasteiger partial charge in [-0.2, -0.15) is 5.56 Å². The monoisotopic (exact) mass is 289 g/mol. The van der Waals surface area contributed by atoms with Crippen LogP contribution in [0.1, 0.15) is 24.0 Å². The Labute approximate surface area is 97.6 Å². The van der Waals surface area contributed by atoms with Gasteiger partial charge in [0.15, 0.2) is 0 Å². The molecule has 0 radical (unpaired) electrons. The van der Waals surface area contributed by atoms with Crippen LogP contribution < -0.4 is 0 Å². The summed E-state index contributed by atoms with van der Waals surface area (Å²) in [5.74, 6) is 0.496. The predicted octanol–water partition coefficient (Wildman–Crippen LogP) is 4.00. The molecule has 0 fully saturated rings. The van der Waals surface area contributed by atoms with E-state index in [0.717, 1.165) is 0 Å². The number of halogens is 2. The standard InChI is InChI=1S/C10H9.2ClH.Zr/c1-8-6-7-9-4-2-3-5-10(8)9;;;/h2-5,7-8H,1H3;2*1H;/q-1;;;+2/p-2. The molecule has 3 heteroatoms. The van der Waals surface area contributed by atoms with Crippen molar-refractivity contribution in [1.82, 2.24) is 0 Å². The molecule has 0 nitrogen and oxygen atoms in total.